The fourth-order valence-electron chi connectivity index (χ4n) is 3.31. The fraction of sp³-hybridized carbons (Fsp3) is 0.720. The van der Waals surface area contributed by atoms with Crippen molar-refractivity contribution in [2.24, 2.45) is 0 Å². The van der Waals surface area contributed by atoms with Gasteiger partial charge in [-0.1, -0.05) is 49.8 Å². The van der Waals surface area contributed by atoms with Crippen LogP contribution in [0.15, 0.2) is 36.5 Å². The highest BCUT2D eigenvalue weighted by Gasteiger charge is 2.44. The van der Waals surface area contributed by atoms with Gasteiger partial charge >= 0.3 is 5.97 Å². The highest BCUT2D eigenvalue weighted by molar-refractivity contribution is 5.69. The number of allylic oxidation sites excluding steroid dienone is 6. The van der Waals surface area contributed by atoms with Crippen LogP contribution in [0.1, 0.15) is 58.3 Å². The second-order valence-electron chi connectivity index (χ2n) is 8.22. The number of carbonyl (C=O) groups is 1. The van der Waals surface area contributed by atoms with Crippen molar-refractivity contribution in [3.63, 3.8) is 0 Å². The quantitative estimate of drug-likeness (QED) is 0.117. The van der Waals surface area contributed by atoms with Crippen LogP contribution in [0.5, 0.6) is 0 Å². The van der Waals surface area contributed by atoms with Gasteiger partial charge in [-0.05, 0) is 38.5 Å². The molecule has 9 nitrogen and oxygen atoms in total. The Hall–Kier alpha value is -1.59. The van der Waals surface area contributed by atoms with E-state index in [1.165, 1.54) is 0 Å². The summed E-state index contributed by atoms with van der Waals surface area (Å²) in [5.41, 5.74) is 0. The van der Waals surface area contributed by atoms with Crippen molar-refractivity contribution in [1.82, 2.24) is 0 Å². The third kappa shape index (κ3) is 12.2. The van der Waals surface area contributed by atoms with Crippen LogP contribution in [0.4, 0.5) is 0 Å². The van der Waals surface area contributed by atoms with E-state index in [1.807, 2.05) is 0 Å². The first kappa shape index (κ1) is 30.4. The van der Waals surface area contributed by atoms with Gasteiger partial charge in [0.1, 0.15) is 30.5 Å². The Labute approximate surface area is 202 Å². The van der Waals surface area contributed by atoms with Crippen LogP contribution >= 0.6 is 0 Å². The first-order valence-electron chi connectivity index (χ1n) is 12.1. The largest absolute Gasteiger partial charge is 0.457 e. The van der Waals surface area contributed by atoms with Gasteiger partial charge in [0.05, 0.1) is 19.8 Å². The van der Waals surface area contributed by atoms with E-state index in [0.717, 1.165) is 38.5 Å². The van der Waals surface area contributed by atoms with E-state index in [1.54, 1.807) is 0 Å². The third-order valence-corrected chi connectivity index (χ3v) is 5.33. The number of aliphatic hydroxyl groups is 5. The number of aliphatic hydroxyl groups excluding tert-OH is 5. The van der Waals surface area contributed by atoms with Gasteiger partial charge in [-0.15, -0.1) is 0 Å². The molecule has 1 fully saturated rings. The monoisotopic (exact) mass is 486 g/mol. The van der Waals surface area contributed by atoms with Crippen LogP contribution in [0.3, 0.4) is 0 Å². The maximum Gasteiger partial charge on any atom is 0.306 e. The number of rotatable bonds is 17. The molecule has 196 valence electrons. The van der Waals surface area contributed by atoms with E-state index >= 15 is 0 Å². The molecule has 1 aliphatic rings. The van der Waals surface area contributed by atoms with Gasteiger partial charge in [0.25, 0.3) is 0 Å². The van der Waals surface area contributed by atoms with Gasteiger partial charge in [0, 0.05) is 6.42 Å². The predicted molar refractivity (Wildman–Crippen MR) is 127 cm³/mol. The van der Waals surface area contributed by atoms with Crippen molar-refractivity contribution >= 4 is 5.97 Å². The maximum absolute atomic E-state index is 12.0. The lowest BCUT2D eigenvalue weighted by molar-refractivity contribution is -0.305. The lowest BCUT2D eigenvalue weighted by Crippen LogP contribution is -2.59. The van der Waals surface area contributed by atoms with Crippen molar-refractivity contribution in [3.8, 4) is 0 Å². The summed E-state index contributed by atoms with van der Waals surface area (Å²) in [5.74, 6) is -0.464. The van der Waals surface area contributed by atoms with E-state index in [-0.39, 0.29) is 13.0 Å². The third-order valence-electron chi connectivity index (χ3n) is 5.33. The summed E-state index contributed by atoms with van der Waals surface area (Å²) in [6.45, 7) is 0.771. The maximum atomic E-state index is 12.0. The van der Waals surface area contributed by atoms with Crippen LogP contribution < -0.4 is 0 Å². The van der Waals surface area contributed by atoms with Crippen molar-refractivity contribution in [1.29, 1.82) is 0 Å². The van der Waals surface area contributed by atoms with E-state index in [0.29, 0.717) is 6.42 Å². The van der Waals surface area contributed by atoms with Crippen molar-refractivity contribution in [2.45, 2.75) is 95.1 Å². The van der Waals surface area contributed by atoms with Gasteiger partial charge in [-0.2, -0.15) is 0 Å². The van der Waals surface area contributed by atoms with Gasteiger partial charge in [0.15, 0.2) is 6.29 Å². The van der Waals surface area contributed by atoms with E-state index in [4.69, 9.17) is 14.2 Å². The number of esters is 1. The Morgan fingerprint density at radius 1 is 0.912 bits per heavy atom. The Balaban J connectivity index is 2.18. The summed E-state index contributed by atoms with van der Waals surface area (Å²) in [5, 5.41) is 48.1. The highest BCUT2D eigenvalue weighted by Crippen LogP contribution is 2.22. The zero-order chi connectivity index (χ0) is 25.2. The summed E-state index contributed by atoms with van der Waals surface area (Å²) >= 11 is 0. The van der Waals surface area contributed by atoms with Gasteiger partial charge < -0.3 is 39.7 Å². The normalized spacial score (nSPS) is 26.6. The van der Waals surface area contributed by atoms with Crippen LogP contribution in [0.2, 0.25) is 0 Å². The zero-order valence-electron chi connectivity index (χ0n) is 20.1. The summed E-state index contributed by atoms with van der Waals surface area (Å²) in [6, 6.07) is 0. The standard InChI is InChI=1S/C25H42O9/c1-2-3-4-5-6-7-8-9-10-11-12-13-14-15-21(28)33-19(16-26)18-32-25-24(31)23(30)22(29)20(17-27)34-25/h3-4,6-7,9-10,19-20,22-27,29-31H,2,5,8,11-18H2,1H3/b4-3+,7-6+,10-9+. The van der Waals surface area contributed by atoms with E-state index in [2.05, 4.69) is 43.4 Å². The molecule has 1 saturated heterocycles. The molecule has 0 radical (unpaired) electrons. The van der Waals surface area contributed by atoms with Crippen molar-refractivity contribution < 1.29 is 44.5 Å². The molecular formula is C25H42O9. The summed E-state index contributed by atoms with van der Waals surface area (Å²) in [6.07, 6.45) is 11.5. The van der Waals surface area contributed by atoms with Crippen molar-refractivity contribution in [2.75, 3.05) is 19.8 Å². The molecule has 1 aliphatic heterocycles. The summed E-state index contributed by atoms with van der Waals surface area (Å²) < 4.78 is 15.7. The molecule has 34 heavy (non-hydrogen) atoms. The highest BCUT2D eigenvalue weighted by atomic mass is 16.7. The molecular weight excluding hydrogens is 444 g/mol. The number of ether oxygens (including phenoxy) is 3. The van der Waals surface area contributed by atoms with Crippen LogP contribution in [-0.2, 0) is 19.0 Å². The molecule has 6 unspecified atom stereocenters. The molecule has 0 aliphatic carbocycles. The van der Waals surface area contributed by atoms with Crippen LogP contribution in [-0.4, -0.2) is 88.1 Å². The molecule has 1 heterocycles. The molecule has 5 N–H and O–H groups in total. The van der Waals surface area contributed by atoms with Crippen LogP contribution in [0.25, 0.3) is 0 Å². The minimum absolute atomic E-state index is 0.217. The number of hydrogen-bond donors (Lipinski definition) is 5. The molecule has 0 amide bonds. The predicted octanol–water partition coefficient (Wildman–Crippen LogP) is 1.52. The van der Waals surface area contributed by atoms with Gasteiger partial charge in [0.2, 0.25) is 0 Å². The summed E-state index contributed by atoms with van der Waals surface area (Å²) in [4.78, 5) is 12.0. The average Bonchev–Trinajstić information content (AvgIpc) is 2.84. The molecule has 9 heteroatoms. The molecule has 0 aromatic carbocycles. The zero-order valence-corrected chi connectivity index (χ0v) is 20.1. The van der Waals surface area contributed by atoms with E-state index in [9.17, 15) is 30.3 Å². The first-order valence-corrected chi connectivity index (χ1v) is 12.1. The number of unbranched alkanes of at least 4 members (excludes halogenated alkanes) is 3. The molecule has 6 atom stereocenters. The Kier molecular flexibility index (Phi) is 16.7. The smallest absolute Gasteiger partial charge is 0.306 e. The van der Waals surface area contributed by atoms with Crippen molar-refractivity contribution in [3.05, 3.63) is 36.5 Å². The van der Waals surface area contributed by atoms with E-state index < -0.39 is 56.0 Å². The second kappa shape index (κ2) is 18.7. The Morgan fingerprint density at radius 3 is 2.24 bits per heavy atom. The minimum atomic E-state index is -1.56. The Bertz CT molecular complexity index is 618. The minimum Gasteiger partial charge on any atom is -0.457 e. The topological polar surface area (TPSA) is 146 Å². The lowest BCUT2D eigenvalue weighted by Gasteiger charge is -2.39. The first-order chi connectivity index (χ1) is 16.4. The molecule has 0 spiro atoms. The average molecular weight is 487 g/mol. The SMILES string of the molecule is CC/C=C/C/C=C/C/C=C/CCCCCC(=O)OC(CO)COC1OC(CO)C(O)C(O)C1O. The van der Waals surface area contributed by atoms with Crippen LogP contribution in [0, 0.1) is 0 Å². The molecule has 0 saturated carbocycles. The molecule has 0 bridgehead atoms. The number of carbonyl (C=O) groups excluding carboxylic acids is 1. The lowest BCUT2D eigenvalue weighted by atomic mass is 9.99. The fourth-order valence-corrected chi connectivity index (χ4v) is 3.31. The summed E-state index contributed by atoms with van der Waals surface area (Å²) in [7, 11) is 0. The second-order valence-corrected chi connectivity index (χ2v) is 8.22. The van der Waals surface area contributed by atoms with Gasteiger partial charge in [-0.25, -0.2) is 0 Å². The molecule has 0 aromatic rings. The van der Waals surface area contributed by atoms with Gasteiger partial charge in [-0.3, -0.25) is 4.79 Å². The number of hydrogen-bond acceptors (Lipinski definition) is 9. The Morgan fingerprint density at radius 2 is 1.59 bits per heavy atom. The molecule has 1 rings (SSSR count). The molecule has 0 aromatic heterocycles.